The minimum Gasteiger partial charge on any atom is -0.496 e. The van der Waals surface area contributed by atoms with Crippen LogP contribution in [0.4, 0.5) is 16.4 Å². The summed E-state index contributed by atoms with van der Waals surface area (Å²) in [6.45, 7) is 6.83. The number of methoxy groups -OCH3 is 1. The van der Waals surface area contributed by atoms with Crippen LogP contribution in [-0.4, -0.2) is 63.6 Å². The van der Waals surface area contributed by atoms with Gasteiger partial charge in [-0.25, -0.2) is 14.8 Å². The number of carbonyl (C=O) groups is 1. The zero-order chi connectivity index (χ0) is 25.0. The molecule has 0 unspecified atom stereocenters. The third-order valence-corrected chi connectivity index (χ3v) is 5.21. The highest BCUT2D eigenvalue weighted by molar-refractivity contribution is 5.71. The molecular weight excluding hydrogens is 450 g/mol. The van der Waals surface area contributed by atoms with Crippen LogP contribution in [0.5, 0.6) is 5.75 Å². The van der Waals surface area contributed by atoms with Gasteiger partial charge in [0, 0.05) is 18.2 Å². The smallest absolute Gasteiger partial charge is 0.410 e. The third kappa shape index (κ3) is 5.85. The Morgan fingerprint density at radius 3 is 2.77 bits per heavy atom. The molecule has 11 nitrogen and oxygen atoms in total. The van der Waals surface area contributed by atoms with Crippen LogP contribution in [0.1, 0.15) is 38.1 Å². The number of amides is 1. The number of aromatic amines is 1. The van der Waals surface area contributed by atoms with E-state index in [4.69, 9.17) is 19.5 Å². The molecule has 1 aliphatic heterocycles. The number of ether oxygens (including phenoxy) is 3. The summed E-state index contributed by atoms with van der Waals surface area (Å²) in [7, 11) is 1.60. The van der Waals surface area contributed by atoms with E-state index >= 15 is 0 Å². The van der Waals surface area contributed by atoms with Crippen LogP contribution in [0, 0.1) is 11.3 Å². The number of H-pyrrole nitrogens is 1. The average Bonchev–Trinajstić information content (AvgIpc) is 3.31. The number of aromatic nitrogens is 4. The number of benzene rings is 1. The molecule has 0 saturated carbocycles. The lowest BCUT2D eigenvalue weighted by Crippen LogP contribution is -2.44. The van der Waals surface area contributed by atoms with Crippen LogP contribution in [0.3, 0.4) is 0 Å². The highest BCUT2D eigenvalue weighted by Gasteiger charge is 2.29. The van der Waals surface area contributed by atoms with E-state index in [-0.39, 0.29) is 17.9 Å². The molecule has 2 N–H and O–H groups in total. The number of nitrogens with zero attached hydrogens (tertiary/aromatic N) is 5. The Morgan fingerprint density at radius 2 is 2.09 bits per heavy atom. The van der Waals surface area contributed by atoms with Gasteiger partial charge in [-0.2, -0.15) is 10.4 Å². The SMILES string of the molecule is COc1cc([C@@H]2CN(C(=O)OC(C)(C)C)CCO2)ccc1-c1cc(Nc2cnc(C#N)cn2)n[nH]1. The number of nitrogens with one attached hydrogen (secondary N) is 2. The van der Waals surface area contributed by atoms with Crippen LogP contribution in [0.2, 0.25) is 0 Å². The summed E-state index contributed by atoms with van der Waals surface area (Å²) in [5, 5.41) is 19.1. The van der Waals surface area contributed by atoms with Gasteiger partial charge >= 0.3 is 6.09 Å². The molecule has 1 aliphatic rings. The number of nitriles is 1. The van der Waals surface area contributed by atoms with Gasteiger partial charge in [-0.1, -0.05) is 6.07 Å². The van der Waals surface area contributed by atoms with Crippen molar-refractivity contribution in [2.75, 3.05) is 32.1 Å². The van der Waals surface area contributed by atoms with Gasteiger partial charge in [0.2, 0.25) is 0 Å². The zero-order valence-corrected chi connectivity index (χ0v) is 20.0. The van der Waals surface area contributed by atoms with Gasteiger partial charge in [0.1, 0.15) is 29.3 Å². The van der Waals surface area contributed by atoms with Gasteiger partial charge in [0.05, 0.1) is 38.3 Å². The molecule has 0 bridgehead atoms. The van der Waals surface area contributed by atoms with Crippen LogP contribution < -0.4 is 10.1 Å². The summed E-state index contributed by atoms with van der Waals surface area (Å²) in [4.78, 5) is 22.3. The second-order valence-electron chi connectivity index (χ2n) is 8.94. The molecule has 2 aromatic heterocycles. The summed E-state index contributed by atoms with van der Waals surface area (Å²) in [6.07, 6.45) is 2.20. The Balaban J connectivity index is 1.49. The molecule has 1 saturated heterocycles. The molecule has 3 heterocycles. The van der Waals surface area contributed by atoms with E-state index in [2.05, 4.69) is 25.5 Å². The number of hydrogen-bond acceptors (Lipinski definition) is 9. The largest absolute Gasteiger partial charge is 0.496 e. The van der Waals surface area contributed by atoms with Crippen LogP contribution in [-0.2, 0) is 9.47 Å². The molecule has 1 amide bonds. The van der Waals surface area contributed by atoms with E-state index in [0.29, 0.717) is 37.1 Å². The van der Waals surface area contributed by atoms with Crippen molar-refractivity contribution in [1.29, 1.82) is 5.26 Å². The van der Waals surface area contributed by atoms with Gasteiger partial charge in [0.15, 0.2) is 11.5 Å². The monoisotopic (exact) mass is 477 g/mol. The van der Waals surface area contributed by atoms with Crippen molar-refractivity contribution in [3.63, 3.8) is 0 Å². The molecule has 182 valence electrons. The topological polar surface area (TPSA) is 138 Å². The van der Waals surface area contributed by atoms with E-state index in [9.17, 15) is 4.79 Å². The summed E-state index contributed by atoms with van der Waals surface area (Å²) in [5.41, 5.74) is 2.11. The maximum Gasteiger partial charge on any atom is 0.410 e. The number of hydrogen-bond donors (Lipinski definition) is 2. The van der Waals surface area contributed by atoms with E-state index in [1.165, 1.54) is 12.4 Å². The van der Waals surface area contributed by atoms with Crippen molar-refractivity contribution in [1.82, 2.24) is 25.1 Å². The average molecular weight is 478 g/mol. The molecule has 1 aromatic carbocycles. The molecule has 4 rings (SSSR count). The first-order valence-corrected chi connectivity index (χ1v) is 11.1. The minimum absolute atomic E-state index is 0.235. The van der Waals surface area contributed by atoms with Crippen LogP contribution in [0.15, 0.2) is 36.7 Å². The van der Waals surface area contributed by atoms with Gasteiger partial charge in [0.25, 0.3) is 0 Å². The van der Waals surface area contributed by atoms with Crippen molar-refractivity contribution in [3.8, 4) is 23.1 Å². The maximum atomic E-state index is 12.5. The van der Waals surface area contributed by atoms with E-state index in [1.54, 1.807) is 12.0 Å². The van der Waals surface area contributed by atoms with Gasteiger partial charge < -0.3 is 24.4 Å². The van der Waals surface area contributed by atoms with Crippen molar-refractivity contribution >= 4 is 17.7 Å². The molecule has 0 aliphatic carbocycles. The molecule has 3 aromatic rings. The zero-order valence-electron chi connectivity index (χ0n) is 20.0. The van der Waals surface area contributed by atoms with Crippen molar-refractivity contribution < 1.29 is 19.0 Å². The summed E-state index contributed by atoms with van der Waals surface area (Å²) in [6, 6.07) is 9.51. The molecule has 0 spiro atoms. The summed E-state index contributed by atoms with van der Waals surface area (Å²) >= 11 is 0. The lowest BCUT2D eigenvalue weighted by molar-refractivity contribution is -0.0433. The minimum atomic E-state index is -0.555. The van der Waals surface area contributed by atoms with Gasteiger partial charge in [-0.05, 0) is 38.5 Å². The molecule has 11 heteroatoms. The highest BCUT2D eigenvalue weighted by Crippen LogP contribution is 2.34. The quantitative estimate of drug-likeness (QED) is 0.562. The summed E-state index contributed by atoms with van der Waals surface area (Å²) < 4.78 is 17.1. The Morgan fingerprint density at radius 1 is 1.26 bits per heavy atom. The lowest BCUT2D eigenvalue weighted by atomic mass is 10.0. The molecular formula is C24H27N7O4. The molecule has 1 fully saturated rings. The fourth-order valence-corrected chi connectivity index (χ4v) is 3.58. The van der Waals surface area contributed by atoms with E-state index in [0.717, 1.165) is 16.8 Å². The van der Waals surface area contributed by atoms with Crippen molar-refractivity contribution in [2.24, 2.45) is 0 Å². The highest BCUT2D eigenvalue weighted by atomic mass is 16.6. The molecule has 1 atom stereocenters. The van der Waals surface area contributed by atoms with Crippen molar-refractivity contribution in [3.05, 3.63) is 47.9 Å². The number of rotatable bonds is 5. The fraction of sp³-hybridized carbons (Fsp3) is 0.375. The first-order chi connectivity index (χ1) is 16.8. The summed E-state index contributed by atoms with van der Waals surface area (Å²) in [5.74, 6) is 1.64. The molecule has 0 radical (unpaired) electrons. The first kappa shape index (κ1) is 24.0. The Hall–Kier alpha value is -4.17. The predicted molar refractivity (Wildman–Crippen MR) is 127 cm³/mol. The third-order valence-electron chi connectivity index (χ3n) is 5.21. The second kappa shape index (κ2) is 9.99. The normalized spacial score (nSPS) is 15.9. The number of carbonyl (C=O) groups excluding carboxylic acids is 1. The lowest BCUT2D eigenvalue weighted by Gasteiger charge is -2.34. The Labute approximate surface area is 203 Å². The van der Waals surface area contributed by atoms with Crippen LogP contribution in [0.25, 0.3) is 11.3 Å². The van der Waals surface area contributed by atoms with Gasteiger partial charge in [-0.15, -0.1) is 0 Å². The standard InChI is InChI=1S/C24H27N7O4/c1-24(2,3)35-23(32)31-7-8-34-20(14-31)15-5-6-17(19(9-15)33-4)18-10-21(30-29-18)28-22-13-26-16(11-25)12-27-22/h5-6,9-10,12-13,20H,7-8,14H2,1-4H3,(H2,27,28,29,30)/t20-/m0/s1. The number of morpholine rings is 1. The fourth-order valence-electron chi connectivity index (χ4n) is 3.58. The Bertz CT molecular complexity index is 1230. The van der Waals surface area contributed by atoms with Gasteiger partial charge in [-0.3, -0.25) is 5.10 Å². The Kier molecular flexibility index (Phi) is 6.84. The van der Waals surface area contributed by atoms with Crippen LogP contribution >= 0.6 is 0 Å². The van der Waals surface area contributed by atoms with Crippen molar-refractivity contribution in [2.45, 2.75) is 32.5 Å². The second-order valence-corrected chi connectivity index (χ2v) is 8.94. The van der Waals surface area contributed by atoms with E-state index in [1.807, 2.05) is 51.1 Å². The number of anilines is 2. The maximum absolute atomic E-state index is 12.5. The predicted octanol–water partition coefficient (Wildman–Crippen LogP) is 3.80. The first-order valence-electron chi connectivity index (χ1n) is 11.1. The molecule has 35 heavy (non-hydrogen) atoms. The van der Waals surface area contributed by atoms with E-state index < -0.39 is 5.60 Å².